The molecule has 0 aliphatic heterocycles. The predicted octanol–water partition coefficient (Wildman–Crippen LogP) is 1.68. The molecule has 20 heavy (non-hydrogen) atoms. The summed E-state index contributed by atoms with van der Waals surface area (Å²) in [5.74, 6) is 0.0597. The van der Waals surface area contributed by atoms with Crippen molar-refractivity contribution in [2.45, 2.75) is 33.2 Å². The van der Waals surface area contributed by atoms with Crippen LogP contribution in [0, 0.1) is 13.8 Å². The van der Waals surface area contributed by atoms with E-state index in [1.54, 1.807) is 12.4 Å². The molecule has 2 heterocycles. The highest BCUT2D eigenvalue weighted by atomic mass is 16.1. The summed E-state index contributed by atoms with van der Waals surface area (Å²) in [7, 11) is 1.91. The summed E-state index contributed by atoms with van der Waals surface area (Å²) >= 11 is 0. The highest BCUT2D eigenvalue weighted by molar-refractivity contribution is 5.76. The molecule has 1 amide bonds. The lowest BCUT2D eigenvalue weighted by atomic mass is 10.1. The monoisotopic (exact) mass is 272 g/mol. The summed E-state index contributed by atoms with van der Waals surface area (Å²) in [6.45, 7) is 4.52. The molecule has 0 spiro atoms. The molecule has 2 aromatic rings. The Morgan fingerprint density at radius 2 is 2.00 bits per heavy atom. The number of carbonyl (C=O) groups excluding carboxylic acids is 1. The van der Waals surface area contributed by atoms with E-state index in [1.165, 1.54) is 0 Å². The van der Waals surface area contributed by atoms with Crippen molar-refractivity contribution in [1.29, 1.82) is 0 Å². The number of amides is 1. The van der Waals surface area contributed by atoms with E-state index < -0.39 is 0 Å². The second-order valence-electron chi connectivity index (χ2n) is 4.91. The Balaban J connectivity index is 1.83. The summed E-state index contributed by atoms with van der Waals surface area (Å²) in [4.78, 5) is 15.8. The third-order valence-electron chi connectivity index (χ3n) is 3.51. The second kappa shape index (κ2) is 6.32. The molecule has 0 unspecified atom stereocenters. The molecule has 0 saturated carbocycles. The summed E-state index contributed by atoms with van der Waals surface area (Å²) in [5.41, 5.74) is 4.30. The van der Waals surface area contributed by atoms with Gasteiger partial charge in [-0.3, -0.25) is 14.5 Å². The standard InChI is InChI=1S/C15H20N4O/c1-11-14(12(2)19(3)18-11)10-17-15(20)5-4-13-6-8-16-9-7-13/h6-9H,4-5,10H2,1-3H3,(H,17,20). The first-order valence-electron chi connectivity index (χ1n) is 6.72. The zero-order valence-corrected chi connectivity index (χ0v) is 12.2. The Kier molecular flexibility index (Phi) is 4.50. The van der Waals surface area contributed by atoms with E-state index in [2.05, 4.69) is 15.4 Å². The molecule has 0 bridgehead atoms. The van der Waals surface area contributed by atoms with E-state index in [9.17, 15) is 4.79 Å². The number of nitrogens with one attached hydrogen (secondary N) is 1. The Labute approximate surface area is 119 Å². The van der Waals surface area contributed by atoms with Gasteiger partial charge in [-0.2, -0.15) is 5.10 Å². The number of pyridine rings is 1. The van der Waals surface area contributed by atoms with E-state index in [4.69, 9.17) is 0 Å². The normalized spacial score (nSPS) is 10.6. The first-order valence-corrected chi connectivity index (χ1v) is 6.72. The van der Waals surface area contributed by atoms with E-state index in [0.29, 0.717) is 13.0 Å². The van der Waals surface area contributed by atoms with E-state index in [1.807, 2.05) is 37.7 Å². The Morgan fingerprint density at radius 3 is 2.60 bits per heavy atom. The van der Waals surface area contributed by atoms with Crippen molar-refractivity contribution in [2.75, 3.05) is 0 Å². The maximum Gasteiger partial charge on any atom is 0.220 e. The quantitative estimate of drug-likeness (QED) is 0.901. The van der Waals surface area contributed by atoms with Gasteiger partial charge in [0.05, 0.1) is 5.69 Å². The van der Waals surface area contributed by atoms with Gasteiger partial charge in [-0.1, -0.05) is 0 Å². The first kappa shape index (κ1) is 14.2. The van der Waals surface area contributed by atoms with Crippen LogP contribution in [0.3, 0.4) is 0 Å². The van der Waals surface area contributed by atoms with Crippen molar-refractivity contribution in [3.8, 4) is 0 Å². The van der Waals surface area contributed by atoms with Crippen molar-refractivity contribution < 1.29 is 4.79 Å². The number of aromatic nitrogens is 3. The van der Waals surface area contributed by atoms with Crippen LogP contribution >= 0.6 is 0 Å². The minimum atomic E-state index is 0.0597. The van der Waals surface area contributed by atoms with E-state index in [0.717, 1.165) is 28.9 Å². The van der Waals surface area contributed by atoms with Gasteiger partial charge >= 0.3 is 0 Å². The zero-order valence-electron chi connectivity index (χ0n) is 12.2. The molecule has 0 aliphatic rings. The van der Waals surface area contributed by atoms with Crippen LogP contribution in [0.25, 0.3) is 0 Å². The average Bonchev–Trinajstić information content (AvgIpc) is 2.69. The smallest absolute Gasteiger partial charge is 0.220 e. The van der Waals surface area contributed by atoms with Gasteiger partial charge in [0.25, 0.3) is 0 Å². The number of rotatable bonds is 5. The van der Waals surface area contributed by atoms with Crippen LogP contribution in [0.15, 0.2) is 24.5 Å². The molecule has 0 aliphatic carbocycles. The molecule has 0 saturated heterocycles. The lowest BCUT2D eigenvalue weighted by Crippen LogP contribution is -2.23. The molecule has 106 valence electrons. The van der Waals surface area contributed by atoms with Crippen LogP contribution in [-0.4, -0.2) is 20.7 Å². The fourth-order valence-electron chi connectivity index (χ4n) is 2.16. The molecular formula is C15H20N4O. The minimum absolute atomic E-state index is 0.0597. The number of carbonyl (C=O) groups is 1. The molecule has 0 radical (unpaired) electrons. The molecule has 2 aromatic heterocycles. The van der Waals surface area contributed by atoms with Gasteiger partial charge in [0.2, 0.25) is 5.91 Å². The van der Waals surface area contributed by atoms with Crippen molar-refractivity contribution in [1.82, 2.24) is 20.1 Å². The van der Waals surface area contributed by atoms with Crippen LogP contribution in [0.5, 0.6) is 0 Å². The fourth-order valence-corrected chi connectivity index (χ4v) is 2.16. The van der Waals surface area contributed by atoms with Crippen LogP contribution in [0.1, 0.15) is 28.9 Å². The maximum atomic E-state index is 11.9. The maximum absolute atomic E-state index is 11.9. The molecule has 5 heteroatoms. The van der Waals surface area contributed by atoms with Crippen molar-refractivity contribution in [3.05, 3.63) is 47.0 Å². The molecule has 1 N–H and O–H groups in total. The molecule has 0 fully saturated rings. The fraction of sp³-hybridized carbons (Fsp3) is 0.400. The lowest BCUT2D eigenvalue weighted by Gasteiger charge is -2.06. The largest absolute Gasteiger partial charge is 0.352 e. The van der Waals surface area contributed by atoms with E-state index in [-0.39, 0.29) is 5.91 Å². The number of aryl methyl sites for hydroxylation is 3. The van der Waals surface area contributed by atoms with Crippen molar-refractivity contribution in [3.63, 3.8) is 0 Å². The van der Waals surface area contributed by atoms with Gasteiger partial charge in [0.15, 0.2) is 0 Å². The number of nitrogens with zero attached hydrogens (tertiary/aromatic N) is 3. The topological polar surface area (TPSA) is 59.8 Å². The van der Waals surface area contributed by atoms with Crippen molar-refractivity contribution in [2.24, 2.45) is 7.05 Å². The van der Waals surface area contributed by atoms with E-state index >= 15 is 0 Å². The number of hydrogen-bond donors (Lipinski definition) is 1. The molecule has 0 atom stereocenters. The summed E-state index contributed by atoms with van der Waals surface area (Å²) in [6, 6.07) is 3.87. The highest BCUT2D eigenvalue weighted by Gasteiger charge is 2.10. The Hall–Kier alpha value is -2.17. The van der Waals surface area contributed by atoms with Crippen LogP contribution in [0.4, 0.5) is 0 Å². The predicted molar refractivity (Wildman–Crippen MR) is 77.1 cm³/mol. The third-order valence-corrected chi connectivity index (χ3v) is 3.51. The second-order valence-corrected chi connectivity index (χ2v) is 4.91. The van der Waals surface area contributed by atoms with Crippen LogP contribution in [0.2, 0.25) is 0 Å². The van der Waals surface area contributed by atoms with Gasteiger partial charge < -0.3 is 5.32 Å². The number of hydrogen-bond acceptors (Lipinski definition) is 3. The van der Waals surface area contributed by atoms with Gasteiger partial charge in [0, 0.05) is 43.7 Å². The summed E-state index contributed by atoms with van der Waals surface area (Å²) < 4.78 is 1.84. The van der Waals surface area contributed by atoms with Gasteiger partial charge in [-0.15, -0.1) is 0 Å². The zero-order chi connectivity index (χ0) is 14.5. The summed E-state index contributed by atoms with van der Waals surface area (Å²) in [6.07, 6.45) is 4.72. The first-order chi connectivity index (χ1) is 9.58. The van der Waals surface area contributed by atoms with Gasteiger partial charge in [-0.05, 0) is 38.0 Å². The van der Waals surface area contributed by atoms with Crippen LogP contribution < -0.4 is 5.32 Å². The molecule has 2 rings (SSSR count). The SMILES string of the molecule is Cc1nn(C)c(C)c1CNC(=O)CCc1ccncc1. The minimum Gasteiger partial charge on any atom is -0.352 e. The van der Waals surface area contributed by atoms with Crippen molar-refractivity contribution >= 4 is 5.91 Å². The van der Waals surface area contributed by atoms with Gasteiger partial charge in [-0.25, -0.2) is 0 Å². The molecular weight excluding hydrogens is 252 g/mol. The third kappa shape index (κ3) is 3.44. The highest BCUT2D eigenvalue weighted by Crippen LogP contribution is 2.11. The Bertz CT molecular complexity index is 589. The average molecular weight is 272 g/mol. The molecule has 0 aromatic carbocycles. The molecule has 5 nitrogen and oxygen atoms in total. The lowest BCUT2D eigenvalue weighted by molar-refractivity contribution is -0.121. The van der Waals surface area contributed by atoms with Gasteiger partial charge in [0.1, 0.15) is 0 Å². The summed E-state index contributed by atoms with van der Waals surface area (Å²) in [5, 5.41) is 7.30. The van der Waals surface area contributed by atoms with Crippen LogP contribution in [-0.2, 0) is 24.8 Å². The Morgan fingerprint density at radius 1 is 1.30 bits per heavy atom.